The summed E-state index contributed by atoms with van der Waals surface area (Å²) in [5, 5.41) is 10.6. The number of hydrogen-bond donors (Lipinski definition) is 1. The van der Waals surface area contributed by atoms with Crippen molar-refractivity contribution in [3.8, 4) is 5.95 Å². The minimum absolute atomic E-state index is 0. The van der Waals surface area contributed by atoms with Crippen LogP contribution in [0, 0.1) is 6.07 Å². The fourth-order valence-electron chi connectivity index (χ4n) is 3.54. The maximum atomic E-state index is 10.0. The van der Waals surface area contributed by atoms with Crippen LogP contribution in [0.15, 0.2) is 72.6 Å². The van der Waals surface area contributed by atoms with Crippen molar-refractivity contribution in [3.05, 3.63) is 78.7 Å². The van der Waals surface area contributed by atoms with Gasteiger partial charge < -0.3 is 9.67 Å². The maximum Gasteiger partial charge on any atom is 0.214 e. The maximum absolute atomic E-state index is 10.0. The minimum atomic E-state index is -0.125. The van der Waals surface area contributed by atoms with Gasteiger partial charge in [0.25, 0.3) is 0 Å². The van der Waals surface area contributed by atoms with Crippen LogP contribution in [0.5, 0.6) is 0 Å². The quantitative estimate of drug-likeness (QED) is 0.181. The summed E-state index contributed by atoms with van der Waals surface area (Å²) in [6.07, 6.45) is 2.99. The monoisotopic (exact) mass is 590 g/mol. The van der Waals surface area contributed by atoms with E-state index in [0.29, 0.717) is 0 Å². The number of aliphatic hydroxyl groups is 1. The summed E-state index contributed by atoms with van der Waals surface area (Å²) in [6, 6.07) is 21.6. The van der Waals surface area contributed by atoms with E-state index in [2.05, 4.69) is 38.4 Å². The molecule has 7 heteroatoms. The Balaban J connectivity index is 0.000000299. The molecule has 2 aromatic carbocycles. The molecule has 0 spiro atoms. The third-order valence-corrected chi connectivity index (χ3v) is 4.72. The van der Waals surface area contributed by atoms with Crippen molar-refractivity contribution in [1.82, 2.24) is 19.1 Å². The summed E-state index contributed by atoms with van der Waals surface area (Å²) in [5.41, 5.74) is 3.99. The molecule has 0 atom stereocenters. The second-order valence-corrected chi connectivity index (χ2v) is 7.00. The van der Waals surface area contributed by atoms with E-state index in [1.807, 2.05) is 49.6 Å². The number of pyridine rings is 1. The minimum Gasteiger partial charge on any atom is -0.512 e. The van der Waals surface area contributed by atoms with E-state index in [1.165, 1.54) is 19.9 Å². The zero-order chi connectivity index (χ0) is 21.3. The second-order valence-electron chi connectivity index (χ2n) is 7.00. The Morgan fingerprint density at radius 3 is 2.48 bits per heavy atom. The number of para-hydroxylation sites is 3. The number of aryl methyl sites for hydroxylation is 1. The van der Waals surface area contributed by atoms with Crippen molar-refractivity contribution in [3.63, 3.8) is 0 Å². The molecule has 0 aliphatic heterocycles. The van der Waals surface area contributed by atoms with E-state index in [-0.39, 0.29) is 31.6 Å². The van der Waals surface area contributed by atoms with E-state index >= 15 is 0 Å². The van der Waals surface area contributed by atoms with Gasteiger partial charge in [-0.15, -0.1) is 5.39 Å². The number of aliphatic hydroxyl groups excluding tert-OH is 1. The van der Waals surface area contributed by atoms with Crippen LogP contribution >= 0.6 is 0 Å². The van der Waals surface area contributed by atoms with Crippen molar-refractivity contribution >= 4 is 38.8 Å². The van der Waals surface area contributed by atoms with E-state index in [9.17, 15) is 4.79 Å². The molecule has 1 N–H and O–H groups in total. The van der Waals surface area contributed by atoms with E-state index in [1.54, 1.807) is 0 Å². The first-order valence-electron chi connectivity index (χ1n) is 9.53. The number of carbonyl (C=O) groups excluding carboxylic acids is 1. The molecule has 0 bridgehead atoms. The van der Waals surface area contributed by atoms with Crippen molar-refractivity contribution in [2.75, 3.05) is 0 Å². The first kappa shape index (κ1) is 22.4. The van der Waals surface area contributed by atoms with Gasteiger partial charge in [-0.2, -0.15) is 24.3 Å². The van der Waals surface area contributed by atoms with Crippen LogP contribution in [0.4, 0.5) is 0 Å². The Labute approximate surface area is 193 Å². The number of benzene rings is 2. The first-order valence-corrected chi connectivity index (χ1v) is 9.53. The van der Waals surface area contributed by atoms with Crippen molar-refractivity contribution < 1.29 is 30.0 Å². The Kier molecular flexibility index (Phi) is 6.68. The Bertz CT molecular complexity index is 1360. The predicted octanol–water partition coefficient (Wildman–Crippen LogP) is 4.90. The van der Waals surface area contributed by atoms with Crippen molar-refractivity contribution in [2.45, 2.75) is 13.8 Å². The first-order chi connectivity index (χ1) is 14.5. The number of hydrogen-bond acceptors (Lipinski definition) is 4. The van der Waals surface area contributed by atoms with E-state index in [0.717, 1.165) is 38.9 Å². The number of allylic oxidation sites excluding steroid dienone is 2. The third-order valence-electron chi connectivity index (χ3n) is 4.72. The van der Waals surface area contributed by atoms with Gasteiger partial charge in [0.1, 0.15) is 5.65 Å². The largest absolute Gasteiger partial charge is 0.512 e. The zero-order valence-corrected chi connectivity index (χ0v) is 19.7. The van der Waals surface area contributed by atoms with Crippen LogP contribution in [-0.2, 0) is 31.9 Å². The molecular formula is C24H21IrN4O2-. The molecular weight excluding hydrogens is 569 g/mol. The van der Waals surface area contributed by atoms with Crippen LogP contribution in [0.1, 0.15) is 13.8 Å². The van der Waals surface area contributed by atoms with Gasteiger partial charge in [-0.3, -0.25) is 9.36 Å². The molecule has 0 fully saturated rings. The standard InChI is InChI=1S/C19H13N4.C5H8O2.Ir/c1-22-17-11-5-3-9-15(17)21-19(22)23-16-10-4-2-7-13(16)14-8-6-12-20-18(14)23;1-4(6)3-5(2)7;/h2-9,11-12H,1H3;3,6H,1-2H3;/q-1;;/b;4-3-;. The van der Waals surface area contributed by atoms with Gasteiger partial charge in [-0.25, -0.2) is 9.97 Å². The Hall–Kier alpha value is -3.28. The van der Waals surface area contributed by atoms with Crippen LogP contribution in [0.2, 0.25) is 0 Å². The van der Waals surface area contributed by atoms with Crippen molar-refractivity contribution in [2.24, 2.45) is 7.05 Å². The van der Waals surface area contributed by atoms with Gasteiger partial charge in [0.2, 0.25) is 5.95 Å². The predicted molar refractivity (Wildman–Crippen MR) is 119 cm³/mol. The zero-order valence-electron chi connectivity index (χ0n) is 17.3. The number of carbonyl (C=O) groups is 1. The molecule has 3 heterocycles. The molecule has 159 valence electrons. The number of imidazole rings is 1. The molecule has 0 saturated heterocycles. The fourth-order valence-corrected chi connectivity index (χ4v) is 3.54. The van der Waals surface area contributed by atoms with Gasteiger partial charge in [0.15, 0.2) is 5.78 Å². The van der Waals surface area contributed by atoms with Gasteiger partial charge in [0.05, 0.1) is 16.8 Å². The molecule has 1 radical (unpaired) electrons. The molecule has 6 nitrogen and oxygen atoms in total. The van der Waals surface area contributed by atoms with Crippen LogP contribution in [0.3, 0.4) is 0 Å². The molecule has 5 aromatic rings. The summed E-state index contributed by atoms with van der Waals surface area (Å²) in [5.74, 6) is 0.792. The van der Waals surface area contributed by atoms with Gasteiger partial charge >= 0.3 is 0 Å². The molecule has 0 saturated carbocycles. The number of rotatable bonds is 2. The number of aromatic nitrogens is 4. The molecule has 5 rings (SSSR count). The second kappa shape index (κ2) is 9.25. The Morgan fingerprint density at radius 1 is 1.06 bits per heavy atom. The fraction of sp³-hybridized carbons (Fsp3) is 0.125. The molecule has 3 aromatic heterocycles. The third kappa shape index (κ3) is 4.29. The van der Waals surface area contributed by atoms with Crippen LogP contribution < -0.4 is 0 Å². The molecule has 0 aliphatic rings. The van der Waals surface area contributed by atoms with Gasteiger partial charge in [0, 0.05) is 39.4 Å². The number of fused-ring (bicyclic) bond motifs is 4. The van der Waals surface area contributed by atoms with E-state index in [4.69, 9.17) is 10.1 Å². The number of nitrogens with zero attached hydrogens (tertiary/aromatic N) is 4. The summed E-state index contributed by atoms with van der Waals surface area (Å²) >= 11 is 0. The van der Waals surface area contributed by atoms with Crippen LogP contribution in [-0.4, -0.2) is 30.0 Å². The normalized spacial score (nSPS) is 11.3. The van der Waals surface area contributed by atoms with Gasteiger partial charge in [-0.05, 0) is 37.4 Å². The topological polar surface area (TPSA) is 72.9 Å². The number of ketones is 1. The Morgan fingerprint density at radius 2 is 1.81 bits per heavy atom. The molecule has 0 aliphatic carbocycles. The molecule has 0 amide bonds. The molecule has 31 heavy (non-hydrogen) atoms. The van der Waals surface area contributed by atoms with E-state index < -0.39 is 0 Å². The summed E-state index contributed by atoms with van der Waals surface area (Å²) < 4.78 is 4.19. The smallest absolute Gasteiger partial charge is 0.214 e. The van der Waals surface area contributed by atoms with Gasteiger partial charge in [-0.1, -0.05) is 23.7 Å². The molecule has 0 unspecified atom stereocenters. The summed E-state index contributed by atoms with van der Waals surface area (Å²) in [4.78, 5) is 19.4. The average Bonchev–Trinajstić information content (AvgIpc) is 3.22. The summed E-state index contributed by atoms with van der Waals surface area (Å²) in [6.45, 7) is 2.85. The SMILES string of the molecule is CC(=O)/C=C(/C)O.Cn1c(-n2c3[c-]cccc3c3cccnc32)nc2ccccc21.[Ir]. The average molecular weight is 590 g/mol. The van der Waals surface area contributed by atoms with Crippen molar-refractivity contribution in [1.29, 1.82) is 0 Å². The summed E-state index contributed by atoms with van der Waals surface area (Å²) in [7, 11) is 2.04. The van der Waals surface area contributed by atoms with Crippen LogP contribution in [0.25, 0.3) is 38.9 Å².